The molecule has 2 heterocycles. The van der Waals surface area contributed by atoms with E-state index in [2.05, 4.69) is 11.1 Å². The number of benzene rings is 1. The van der Waals surface area contributed by atoms with Crippen LogP contribution in [0.15, 0.2) is 28.8 Å². The molecule has 1 aliphatic rings. The number of ether oxygens (including phenoxy) is 1. The monoisotopic (exact) mass is 268 g/mol. The first-order chi connectivity index (χ1) is 9.79. The van der Waals surface area contributed by atoms with E-state index in [0.29, 0.717) is 17.2 Å². The Morgan fingerprint density at radius 1 is 1.30 bits per heavy atom. The Morgan fingerprint density at radius 3 is 2.85 bits per heavy atom. The first-order valence-corrected chi connectivity index (χ1v) is 6.83. The average Bonchev–Trinajstić information content (AvgIpc) is 2.97. The zero-order valence-corrected chi connectivity index (χ0v) is 11.4. The van der Waals surface area contributed by atoms with Crippen molar-refractivity contribution < 1.29 is 9.15 Å². The fourth-order valence-electron chi connectivity index (χ4n) is 2.57. The summed E-state index contributed by atoms with van der Waals surface area (Å²) < 4.78 is 11.2. The lowest BCUT2D eigenvalue weighted by Crippen LogP contribution is -2.14. The van der Waals surface area contributed by atoms with Crippen LogP contribution in [0.3, 0.4) is 0 Å². The van der Waals surface area contributed by atoms with Crippen LogP contribution in [-0.2, 0) is 4.74 Å². The van der Waals surface area contributed by atoms with E-state index in [9.17, 15) is 5.26 Å². The summed E-state index contributed by atoms with van der Waals surface area (Å²) in [6.45, 7) is 3.45. The van der Waals surface area contributed by atoms with Gasteiger partial charge in [0, 0.05) is 24.7 Å². The normalized spacial score (nSPS) is 16.0. The van der Waals surface area contributed by atoms with Crippen LogP contribution in [-0.4, -0.2) is 18.2 Å². The van der Waals surface area contributed by atoms with E-state index in [1.54, 1.807) is 6.20 Å². The Bertz CT molecular complexity index is 649. The third kappa shape index (κ3) is 2.33. The quantitative estimate of drug-likeness (QED) is 0.837. The van der Waals surface area contributed by atoms with Gasteiger partial charge in [-0.2, -0.15) is 5.26 Å². The Morgan fingerprint density at radius 2 is 2.10 bits per heavy atom. The topological polar surface area (TPSA) is 59.1 Å². The molecule has 0 saturated carbocycles. The van der Waals surface area contributed by atoms with Crippen molar-refractivity contribution >= 4 is 0 Å². The first-order valence-electron chi connectivity index (χ1n) is 6.83. The highest BCUT2D eigenvalue weighted by atomic mass is 16.5. The smallest absolute Gasteiger partial charge is 0.198 e. The third-order valence-electron chi connectivity index (χ3n) is 3.74. The maximum absolute atomic E-state index is 9.29. The van der Waals surface area contributed by atoms with Crippen molar-refractivity contribution in [1.29, 1.82) is 5.26 Å². The third-order valence-corrected chi connectivity index (χ3v) is 3.74. The second kappa shape index (κ2) is 5.48. The molecule has 0 radical (unpaired) electrons. The summed E-state index contributed by atoms with van der Waals surface area (Å²) in [7, 11) is 0. The van der Waals surface area contributed by atoms with Crippen LogP contribution >= 0.6 is 0 Å². The molecule has 0 amide bonds. The highest BCUT2D eigenvalue weighted by molar-refractivity contribution is 5.67. The van der Waals surface area contributed by atoms with Crippen LogP contribution in [0.25, 0.3) is 11.3 Å². The Hall–Kier alpha value is -2.12. The molecule has 3 rings (SSSR count). The van der Waals surface area contributed by atoms with E-state index < -0.39 is 0 Å². The molecule has 20 heavy (non-hydrogen) atoms. The second-order valence-corrected chi connectivity index (χ2v) is 5.06. The van der Waals surface area contributed by atoms with Gasteiger partial charge in [0.2, 0.25) is 0 Å². The van der Waals surface area contributed by atoms with Crippen molar-refractivity contribution in [1.82, 2.24) is 4.98 Å². The van der Waals surface area contributed by atoms with E-state index in [1.165, 1.54) is 0 Å². The maximum Gasteiger partial charge on any atom is 0.198 e. The summed E-state index contributed by atoms with van der Waals surface area (Å²) in [5.41, 5.74) is 2.43. The minimum Gasteiger partial charge on any atom is -0.440 e. The molecule has 0 atom stereocenters. The molecule has 4 nitrogen and oxygen atoms in total. The average molecular weight is 268 g/mol. The van der Waals surface area contributed by atoms with Gasteiger partial charge in [-0.25, -0.2) is 4.98 Å². The number of rotatable bonds is 2. The summed E-state index contributed by atoms with van der Waals surface area (Å²) in [6, 6.07) is 8.01. The van der Waals surface area contributed by atoms with Crippen molar-refractivity contribution in [3.8, 4) is 17.4 Å². The molecule has 0 N–H and O–H groups in total. The molecule has 1 aromatic carbocycles. The van der Waals surface area contributed by atoms with Crippen LogP contribution in [0.1, 0.15) is 35.8 Å². The lowest BCUT2D eigenvalue weighted by atomic mass is 10.0. The summed E-state index contributed by atoms with van der Waals surface area (Å²) in [5, 5.41) is 9.29. The molecular weight excluding hydrogens is 252 g/mol. The predicted octanol–water partition coefficient (Wildman–Crippen LogP) is 3.42. The van der Waals surface area contributed by atoms with Crippen LogP contribution < -0.4 is 0 Å². The Balaban J connectivity index is 1.94. The molecule has 1 aliphatic heterocycles. The largest absolute Gasteiger partial charge is 0.440 e. The number of aromatic nitrogens is 1. The molecule has 0 aliphatic carbocycles. The van der Waals surface area contributed by atoms with Gasteiger partial charge in [0.1, 0.15) is 6.07 Å². The van der Waals surface area contributed by atoms with Crippen molar-refractivity contribution in [2.75, 3.05) is 13.2 Å². The van der Waals surface area contributed by atoms with Gasteiger partial charge < -0.3 is 9.15 Å². The van der Waals surface area contributed by atoms with Gasteiger partial charge in [0.25, 0.3) is 0 Å². The molecular formula is C16H16N2O2. The lowest BCUT2D eigenvalue weighted by molar-refractivity contribution is 0.0796. The Labute approximate surface area is 118 Å². The Kier molecular flexibility index (Phi) is 3.53. The van der Waals surface area contributed by atoms with E-state index in [-0.39, 0.29) is 0 Å². The number of aryl methyl sites for hydroxylation is 1. The molecule has 0 unspecified atom stereocenters. The highest BCUT2D eigenvalue weighted by Gasteiger charge is 2.21. The van der Waals surface area contributed by atoms with Crippen LogP contribution in [0.5, 0.6) is 0 Å². The summed E-state index contributed by atoms with van der Waals surface area (Å²) >= 11 is 0. The number of hydrogen-bond donors (Lipinski definition) is 0. The zero-order chi connectivity index (χ0) is 13.9. The fraction of sp³-hybridized carbons (Fsp3) is 0.375. The number of nitrogens with zero attached hydrogens (tertiary/aromatic N) is 2. The lowest BCUT2D eigenvalue weighted by Gasteiger charge is -2.18. The molecule has 2 aromatic rings. The van der Waals surface area contributed by atoms with Gasteiger partial charge >= 0.3 is 0 Å². The molecule has 1 fully saturated rings. The summed E-state index contributed by atoms with van der Waals surface area (Å²) in [6.07, 6.45) is 3.61. The number of hydrogen-bond acceptors (Lipinski definition) is 4. The minimum absolute atomic E-state index is 0.327. The SMILES string of the molecule is Cc1cccc(-c2cnc(C3CCOCC3)o2)c1C#N. The minimum atomic E-state index is 0.327. The van der Waals surface area contributed by atoms with E-state index in [0.717, 1.165) is 43.1 Å². The summed E-state index contributed by atoms with van der Waals surface area (Å²) in [5.74, 6) is 1.76. The maximum atomic E-state index is 9.29. The second-order valence-electron chi connectivity index (χ2n) is 5.06. The van der Waals surface area contributed by atoms with E-state index >= 15 is 0 Å². The highest BCUT2D eigenvalue weighted by Crippen LogP contribution is 2.31. The van der Waals surface area contributed by atoms with Crippen LogP contribution in [0, 0.1) is 18.3 Å². The fourth-order valence-corrected chi connectivity index (χ4v) is 2.57. The molecule has 0 bridgehead atoms. The predicted molar refractivity (Wildman–Crippen MR) is 74.2 cm³/mol. The van der Waals surface area contributed by atoms with Gasteiger partial charge in [-0.05, 0) is 31.4 Å². The van der Waals surface area contributed by atoms with Crippen molar-refractivity contribution in [3.63, 3.8) is 0 Å². The zero-order valence-electron chi connectivity index (χ0n) is 11.4. The van der Waals surface area contributed by atoms with E-state index in [1.807, 2.05) is 25.1 Å². The van der Waals surface area contributed by atoms with Crippen molar-refractivity contribution in [2.45, 2.75) is 25.7 Å². The van der Waals surface area contributed by atoms with Crippen molar-refractivity contribution in [2.24, 2.45) is 0 Å². The molecule has 4 heteroatoms. The van der Waals surface area contributed by atoms with Crippen molar-refractivity contribution in [3.05, 3.63) is 41.4 Å². The van der Waals surface area contributed by atoms with Gasteiger partial charge in [-0.15, -0.1) is 0 Å². The van der Waals surface area contributed by atoms with Crippen LogP contribution in [0.2, 0.25) is 0 Å². The van der Waals surface area contributed by atoms with Gasteiger partial charge in [-0.1, -0.05) is 12.1 Å². The van der Waals surface area contributed by atoms with Gasteiger partial charge in [0.05, 0.1) is 11.8 Å². The van der Waals surface area contributed by atoms with Crippen LogP contribution in [0.4, 0.5) is 0 Å². The first kappa shape index (κ1) is 12.9. The molecule has 1 saturated heterocycles. The van der Waals surface area contributed by atoms with Gasteiger partial charge in [0.15, 0.2) is 11.7 Å². The number of oxazole rings is 1. The molecule has 0 spiro atoms. The molecule has 102 valence electrons. The summed E-state index contributed by atoms with van der Waals surface area (Å²) in [4.78, 5) is 4.39. The standard InChI is InChI=1S/C16H16N2O2/c1-11-3-2-4-13(14(11)9-17)15-10-18-16(20-15)12-5-7-19-8-6-12/h2-4,10,12H,5-8H2,1H3. The molecule has 1 aromatic heterocycles. The number of nitriles is 1. The van der Waals surface area contributed by atoms with E-state index in [4.69, 9.17) is 9.15 Å². The van der Waals surface area contributed by atoms with Gasteiger partial charge in [-0.3, -0.25) is 0 Å².